The Kier molecular flexibility index (Phi) is 2.66. The van der Waals surface area contributed by atoms with Crippen LogP contribution in [0.3, 0.4) is 0 Å². The molecule has 0 aromatic heterocycles. The smallest absolute Gasteiger partial charge is 0.103 e. The molecule has 2 nitrogen and oxygen atoms in total. The van der Waals surface area contributed by atoms with Gasteiger partial charge in [-0.05, 0) is 39.8 Å². The molecule has 0 unspecified atom stereocenters. The molecule has 1 aromatic rings. The normalized spacial score (nSPS) is 20.6. The van der Waals surface area contributed by atoms with Crippen LogP contribution in [0.4, 0.5) is 5.69 Å². The van der Waals surface area contributed by atoms with Crippen LogP contribution in [-0.2, 0) is 0 Å². The number of para-hydroxylation sites is 1. The summed E-state index contributed by atoms with van der Waals surface area (Å²) < 4.78 is 0. The molecule has 0 aliphatic carbocycles. The zero-order valence-electron chi connectivity index (χ0n) is 10.5. The van der Waals surface area contributed by atoms with Gasteiger partial charge in [-0.3, -0.25) is 0 Å². The number of anilines is 1. The van der Waals surface area contributed by atoms with Gasteiger partial charge in [-0.25, -0.2) is 0 Å². The topological polar surface area (TPSA) is 6.48 Å². The Bertz CT molecular complexity index is 375. The molecule has 0 saturated heterocycles. The van der Waals surface area contributed by atoms with Crippen molar-refractivity contribution in [2.24, 2.45) is 0 Å². The van der Waals surface area contributed by atoms with E-state index in [0.717, 1.165) is 0 Å². The van der Waals surface area contributed by atoms with Crippen LogP contribution in [0.25, 0.3) is 0 Å². The van der Waals surface area contributed by atoms with Crippen LogP contribution in [0.15, 0.2) is 42.7 Å². The van der Waals surface area contributed by atoms with Crippen LogP contribution in [0.5, 0.6) is 0 Å². The lowest BCUT2D eigenvalue weighted by atomic mass is 10.1. The van der Waals surface area contributed by atoms with Gasteiger partial charge in [0.25, 0.3) is 0 Å². The van der Waals surface area contributed by atoms with E-state index in [-0.39, 0.29) is 5.54 Å². The molecule has 0 N–H and O–H groups in total. The molecule has 1 aliphatic rings. The first-order chi connectivity index (χ1) is 7.50. The van der Waals surface area contributed by atoms with E-state index in [9.17, 15) is 0 Å². The molecule has 0 amide bonds. The van der Waals surface area contributed by atoms with Gasteiger partial charge < -0.3 is 9.80 Å². The SMILES string of the molecule is C[C@H]1N(c2ccccc2)C=CN1C(C)(C)C. The molecule has 16 heavy (non-hydrogen) atoms. The summed E-state index contributed by atoms with van der Waals surface area (Å²) in [5, 5.41) is 0. The quantitative estimate of drug-likeness (QED) is 0.709. The average Bonchev–Trinajstić information content (AvgIpc) is 2.61. The third kappa shape index (κ3) is 1.92. The first-order valence-corrected chi connectivity index (χ1v) is 5.80. The van der Waals surface area contributed by atoms with Gasteiger partial charge >= 0.3 is 0 Å². The molecule has 2 heteroatoms. The van der Waals surface area contributed by atoms with Crippen molar-refractivity contribution in [2.75, 3.05) is 4.90 Å². The second-order valence-electron chi connectivity index (χ2n) is 5.25. The molecule has 1 heterocycles. The minimum absolute atomic E-state index is 0.166. The Labute approximate surface area is 98.2 Å². The largest absolute Gasteiger partial charge is 0.351 e. The highest BCUT2D eigenvalue weighted by molar-refractivity contribution is 5.51. The van der Waals surface area contributed by atoms with Crippen molar-refractivity contribution in [1.82, 2.24) is 4.90 Å². The van der Waals surface area contributed by atoms with E-state index in [1.165, 1.54) is 5.69 Å². The number of benzene rings is 1. The van der Waals surface area contributed by atoms with Crippen molar-refractivity contribution < 1.29 is 0 Å². The molecular weight excluding hydrogens is 196 g/mol. The average molecular weight is 216 g/mol. The summed E-state index contributed by atoms with van der Waals surface area (Å²) in [5.41, 5.74) is 1.41. The van der Waals surface area contributed by atoms with Gasteiger partial charge in [0.15, 0.2) is 0 Å². The molecule has 0 spiro atoms. The molecule has 1 aromatic carbocycles. The zero-order valence-corrected chi connectivity index (χ0v) is 10.5. The van der Waals surface area contributed by atoms with E-state index in [0.29, 0.717) is 6.17 Å². The summed E-state index contributed by atoms with van der Waals surface area (Å²) in [6.07, 6.45) is 4.71. The Morgan fingerprint density at radius 1 is 1.00 bits per heavy atom. The monoisotopic (exact) mass is 216 g/mol. The van der Waals surface area contributed by atoms with E-state index < -0.39 is 0 Å². The molecule has 2 rings (SSSR count). The van der Waals surface area contributed by atoms with Crippen molar-refractivity contribution in [1.29, 1.82) is 0 Å². The van der Waals surface area contributed by atoms with E-state index in [1.54, 1.807) is 0 Å². The Morgan fingerprint density at radius 2 is 1.62 bits per heavy atom. The summed E-state index contributed by atoms with van der Waals surface area (Å²) in [7, 11) is 0. The van der Waals surface area contributed by atoms with E-state index >= 15 is 0 Å². The number of nitrogens with zero attached hydrogens (tertiary/aromatic N) is 2. The van der Waals surface area contributed by atoms with E-state index in [4.69, 9.17) is 0 Å². The Balaban J connectivity index is 2.21. The highest BCUT2D eigenvalue weighted by Crippen LogP contribution is 2.29. The van der Waals surface area contributed by atoms with Gasteiger partial charge in [-0.15, -0.1) is 0 Å². The number of hydrogen-bond donors (Lipinski definition) is 0. The van der Waals surface area contributed by atoms with Gasteiger partial charge in [0.2, 0.25) is 0 Å². The van der Waals surface area contributed by atoms with Gasteiger partial charge in [-0.1, -0.05) is 18.2 Å². The molecule has 0 saturated carbocycles. The van der Waals surface area contributed by atoms with Crippen molar-refractivity contribution in [3.05, 3.63) is 42.7 Å². The highest BCUT2D eigenvalue weighted by Gasteiger charge is 2.30. The lowest BCUT2D eigenvalue weighted by Gasteiger charge is -2.39. The van der Waals surface area contributed by atoms with Gasteiger partial charge in [0.1, 0.15) is 6.17 Å². The van der Waals surface area contributed by atoms with Crippen LogP contribution in [0, 0.1) is 0 Å². The molecule has 86 valence electrons. The van der Waals surface area contributed by atoms with Crippen molar-refractivity contribution in [3.63, 3.8) is 0 Å². The third-order valence-corrected chi connectivity index (χ3v) is 3.02. The second kappa shape index (κ2) is 3.85. The first kappa shape index (κ1) is 11.1. The third-order valence-electron chi connectivity index (χ3n) is 3.02. The number of hydrogen-bond acceptors (Lipinski definition) is 2. The maximum atomic E-state index is 2.38. The van der Waals surface area contributed by atoms with Gasteiger partial charge in [0.05, 0.1) is 0 Å². The summed E-state index contributed by atoms with van der Waals surface area (Å²) in [6, 6.07) is 10.5. The molecular formula is C14H20N2. The van der Waals surface area contributed by atoms with E-state index in [2.05, 4.69) is 80.2 Å². The first-order valence-electron chi connectivity index (χ1n) is 5.80. The number of rotatable bonds is 1. The molecule has 0 bridgehead atoms. The molecule has 0 radical (unpaired) electrons. The van der Waals surface area contributed by atoms with Gasteiger partial charge in [0, 0.05) is 23.6 Å². The summed E-state index contributed by atoms with van der Waals surface area (Å²) in [4.78, 5) is 4.67. The fourth-order valence-electron chi connectivity index (χ4n) is 2.21. The lowest BCUT2D eigenvalue weighted by Crippen LogP contribution is -2.46. The van der Waals surface area contributed by atoms with Crippen LogP contribution < -0.4 is 4.90 Å². The van der Waals surface area contributed by atoms with Crippen molar-refractivity contribution >= 4 is 5.69 Å². The van der Waals surface area contributed by atoms with Crippen LogP contribution >= 0.6 is 0 Å². The van der Waals surface area contributed by atoms with Crippen molar-refractivity contribution in [2.45, 2.75) is 39.4 Å². The van der Waals surface area contributed by atoms with Crippen LogP contribution in [0.2, 0.25) is 0 Å². The Hall–Kier alpha value is -1.44. The maximum Gasteiger partial charge on any atom is 0.103 e. The summed E-state index contributed by atoms with van der Waals surface area (Å²) in [5.74, 6) is 0. The lowest BCUT2D eigenvalue weighted by molar-refractivity contribution is 0.171. The second-order valence-corrected chi connectivity index (χ2v) is 5.25. The summed E-state index contributed by atoms with van der Waals surface area (Å²) in [6.45, 7) is 8.95. The van der Waals surface area contributed by atoms with Crippen LogP contribution in [0.1, 0.15) is 27.7 Å². The molecule has 1 atom stereocenters. The minimum atomic E-state index is 0.166. The molecule has 0 fully saturated rings. The van der Waals surface area contributed by atoms with Gasteiger partial charge in [-0.2, -0.15) is 0 Å². The predicted molar refractivity (Wildman–Crippen MR) is 69.1 cm³/mol. The fraction of sp³-hybridized carbons (Fsp3) is 0.429. The fourth-order valence-corrected chi connectivity index (χ4v) is 2.21. The predicted octanol–water partition coefficient (Wildman–Crippen LogP) is 3.42. The maximum absolute atomic E-state index is 2.38. The van der Waals surface area contributed by atoms with E-state index in [1.807, 2.05) is 0 Å². The minimum Gasteiger partial charge on any atom is -0.351 e. The van der Waals surface area contributed by atoms with Crippen molar-refractivity contribution in [3.8, 4) is 0 Å². The van der Waals surface area contributed by atoms with Crippen LogP contribution in [-0.4, -0.2) is 16.6 Å². The standard InChI is InChI=1S/C14H20N2/c1-12-15(13-8-6-5-7-9-13)10-11-16(12)14(2,3)4/h5-12H,1-4H3/t12-/m0/s1. The molecule has 1 aliphatic heterocycles. The Morgan fingerprint density at radius 3 is 2.12 bits per heavy atom. The zero-order chi connectivity index (χ0) is 11.8. The summed E-state index contributed by atoms with van der Waals surface area (Å²) >= 11 is 0. The highest BCUT2D eigenvalue weighted by atomic mass is 15.4.